The van der Waals surface area contributed by atoms with Gasteiger partial charge in [0.25, 0.3) is 5.91 Å². The fourth-order valence-electron chi connectivity index (χ4n) is 2.29. The van der Waals surface area contributed by atoms with Crippen LogP contribution in [0.4, 0.5) is 0 Å². The summed E-state index contributed by atoms with van der Waals surface area (Å²) in [5, 5.41) is 9.65. The molecule has 0 atom stereocenters. The number of hydrogen-bond acceptors (Lipinski definition) is 3. The van der Waals surface area contributed by atoms with Crippen molar-refractivity contribution in [3.63, 3.8) is 0 Å². The van der Waals surface area contributed by atoms with Crippen LogP contribution in [0.2, 0.25) is 0 Å². The van der Waals surface area contributed by atoms with E-state index in [2.05, 4.69) is 41.3 Å². The summed E-state index contributed by atoms with van der Waals surface area (Å²) in [6.45, 7) is 12.5. The molecule has 0 aliphatic rings. The second kappa shape index (κ2) is 5.08. The number of carbonyl (C=O) groups excluding carboxylic acids is 1. The highest BCUT2D eigenvalue weighted by molar-refractivity contribution is 5.90. The highest BCUT2D eigenvalue weighted by atomic mass is 16.2. The van der Waals surface area contributed by atoms with Crippen LogP contribution in [0.3, 0.4) is 0 Å². The summed E-state index contributed by atoms with van der Waals surface area (Å²) in [6.07, 6.45) is 1.63. The maximum Gasteiger partial charge on any atom is 0.291 e. The van der Waals surface area contributed by atoms with Gasteiger partial charge in [0.05, 0.1) is 0 Å². The number of aryl methyl sites for hydroxylation is 1. The summed E-state index contributed by atoms with van der Waals surface area (Å²) in [5.74, 6) is 0.725. The molecule has 0 radical (unpaired) electrons. The van der Waals surface area contributed by atoms with Gasteiger partial charge in [-0.3, -0.25) is 9.89 Å². The molecule has 1 aromatic rings. The summed E-state index contributed by atoms with van der Waals surface area (Å²) >= 11 is 0. The first-order chi connectivity index (χ1) is 8.13. The zero-order chi connectivity index (χ0) is 14.0. The highest BCUT2D eigenvalue weighted by Gasteiger charge is 2.28. The van der Waals surface area contributed by atoms with Gasteiger partial charge in [-0.2, -0.15) is 0 Å². The predicted molar refractivity (Wildman–Crippen MR) is 71.4 cm³/mol. The van der Waals surface area contributed by atoms with Crippen molar-refractivity contribution in [2.45, 2.75) is 59.9 Å². The number of aromatic amines is 1. The standard InChI is InChI=1S/C13H24N4O/c1-7-9-14-10(17-16-9)11(18)15-13(5,6)8-12(2,3)4/h7-8H2,1-6H3,(H,15,18)(H,14,16,17). The van der Waals surface area contributed by atoms with Gasteiger partial charge in [-0.05, 0) is 25.7 Å². The van der Waals surface area contributed by atoms with Gasteiger partial charge in [0.15, 0.2) is 0 Å². The van der Waals surface area contributed by atoms with Crippen molar-refractivity contribution >= 4 is 5.91 Å². The molecule has 2 N–H and O–H groups in total. The van der Waals surface area contributed by atoms with Crippen molar-refractivity contribution in [1.29, 1.82) is 0 Å². The predicted octanol–water partition coefficient (Wildman–Crippen LogP) is 2.31. The molecule has 0 fully saturated rings. The van der Waals surface area contributed by atoms with E-state index in [0.29, 0.717) is 0 Å². The van der Waals surface area contributed by atoms with Gasteiger partial charge >= 0.3 is 0 Å². The van der Waals surface area contributed by atoms with Crippen LogP contribution < -0.4 is 5.32 Å². The lowest BCUT2D eigenvalue weighted by Crippen LogP contribution is -2.46. The summed E-state index contributed by atoms with van der Waals surface area (Å²) in [7, 11) is 0. The van der Waals surface area contributed by atoms with Gasteiger partial charge in [0, 0.05) is 12.0 Å². The number of amides is 1. The molecule has 1 amide bonds. The minimum atomic E-state index is -0.275. The Morgan fingerprint density at radius 2 is 1.89 bits per heavy atom. The zero-order valence-corrected chi connectivity index (χ0v) is 12.2. The van der Waals surface area contributed by atoms with Gasteiger partial charge in [-0.1, -0.05) is 27.7 Å². The highest BCUT2D eigenvalue weighted by Crippen LogP contribution is 2.26. The lowest BCUT2D eigenvalue weighted by atomic mass is 9.82. The van der Waals surface area contributed by atoms with Crippen LogP contribution in [0.1, 0.15) is 64.4 Å². The Kier molecular flexibility index (Phi) is 4.14. The van der Waals surface area contributed by atoms with Crippen molar-refractivity contribution in [3.05, 3.63) is 11.6 Å². The van der Waals surface area contributed by atoms with Gasteiger partial charge in [0.2, 0.25) is 5.82 Å². The van der Waals surface area contributed by atoms with E-state index in [4.69, 9.17) is 0 Å². The van der Waals surface area contributed by atoms with Gasteiger partial charge in [-0.15, -0.1) is 5.10 Å². The molecule has 1 aromatic heterocycles. The Labute approximate surface area is 109 Å². The van der Waals surface area contributed by atoms with E-state index in [0.717, 1.165) is 18.7 Å². The number of nitrogens with one attached hydrogen (secondary N) is 2. The molecule has 18 heavy (non-hydrogen) atoms. The molecule has 0 unspecified atom stereocenters. The van der Waals surface area contributed by atoms with Crippen LogP contribution in [-0.4, -0.2) is 26.6 Å². The summed E-state index contributed by atoms with van der Waals surface area (Å²) < 4.78 is 0. The third kappa shape index (κ3) is 4.47. The average Bonchev–Trinajstić information content (AvgIpc) is 2.60. The molecule has 102 valence electrons. The Balaban J connectivity index is 2.69. The topological polar surface area (TPSA) is 70.7 Å². The molecule has 5 nitrogen and oxygen atoms in total. The van der Waals surface area contributed by atoms with E-state index in [1.165, 1.54) is 0 Å². The van der Waals surface area contributed by atoms with Crippen molar-refractivity contribution < 1.29 is 4.79 Å². The number of H-pyrrole nitrogens is 1. The number of carbonyl (C=O) groups is 1. The van der Waals surface area contributed by atoms with Crippen LogP contribution in [0.25, 0.3) is 0 Å². The van der Waals surface area contributed by atoms with Crippen molar-refractivity contribution in [1.82, 2.24) is 20.5 Å². The van der Waals surface area contributed by atoms with Gasteiger partial charge < -0.3 is 5.32 Å². The minimum absolute atomic E-state index is 0.157. The van der Waals surface area contributed by atoms with Crippen molar-refractivity contribution in [3.8, 4) is 0 Å². The monoisotopic (exact) mass is 252 g/mol. The molecule has 0 bridgehead atoms. The average molecular weight is 252 g/mol. The number of rotatable bonds is 4. The molecule has 1 heterocycles. The van der Waals surface area contributed by atoms with Crippen LogP contribution in [0.5, 0.6) is 0 Å². The lowest BCUT2D eigenvalue weighted by Gasteiger charge is -2.32. The largest absolute Gasteiger partial charge is 0.344 e. The fourth-order valence-corrected chi connectivity index (χ4v) is 2.29. The lowest BCUT2D eigenvalue weighted by molar-refractivity contribution is 0.0881. The van der Waals surface area contributed by atoms with E-state index >= 15 is 0 Å². The number of nitrogens with zero attached hydrogens (tertiary/aromatic N) is 2. The molecule has 0 aliphatic carbocycles. The first-order valence-electron chi connectivity index (χ1n) is 6.37. The van der Waals surface area contributed by atoms with Crippen LogP contribution in [-0.2, 0) is 6.42 Å². The zero-order valence-electron chi connectivity index (χ0n) is 12.2. The van der Waals surface area contributed by atoms with Crippen LogP contribution >= 0.6 is 0 Å². The number of aromatic nitrogens is 3. The molecular formula is C13H24N4O. The maximum absolute atomic E-state index is 12.0. The third-order valence-corrected chi connectivity index (χ3v) is 2.49. The quantitative estimate of drug-likeness (QED) is 0.863. The van der Waals surface area contributed by atoms with Gasteiger partial charge in [0.1, 0.15) is 5.82 Å². The molecule has 0 saturated carbocycles. The molecule has 0 saturated heterocycles. The smallest absolute Gasteiger partial charge is 0.291 e. The number of hydrogen-bond donors (Lipinski definition) is 2. The fraction of sp³-hybridized carbons (Fsp3) is 0.769. The van der Waals surface area contributed by atoms with Crippen molar-refractivity contribution in [2.24, 2.45) is 5.41 Å². The molecule has 1 rings (SSSR count). The van der Waals surface area contributed by atoms with E-state index in [-0.39, 0.29) is 22.7 Å². The van der Waals surface area contributed by atoms with E-state index < -0.39 is 0 Å². The normalized spacial score (nSPS) is 12.6. The molecule has 0 spiro atoms. The first-order valence-corrected chi connectivity index (χ1v) is 6.37. The van der Waals surface area contributed by atoms with Crippen molar-refractivity contribution in [2.75, 3.05) is 0 Å². The molecule has 0 aliphatic heterocycles. The van der Waals surface area contributed by atoms with E-state index in [9.17, 15) is 4.79 Å². The maximum atomic E-state index is 12.0. The molecule has 5 heteroatoms. The van der Waals surface area contributed by atoms with Gasteiger partial charge in [-0.25, -0.2) is 4.98 Å². The van der Waals surface area contributed by atoms with E-state index in [1.807, 2.05) is 20.8 Å². The Morgan fingerprint density at radius 1 is 1.28 bits per heavy atom. The van der Waals surface area contributed by atoms with E-state index in [1.54, 1.807) is 0 Å². The van der Waals surface area contributed by atoms with Crippen LogP contribution in [0.15, 0.2) is 0 Å². The second-order valence-electron chi connectivity index (χ2n) is 6.53. The summed E-state index contributed by atoms with van der Waals surface area (Å²) in [5.41, 5.74) is -0.118. The Hall–Kier alpha value is -1.39. The summed E-state index contributed by atoms with van der Waals surface area (Å²) in [6, 6.07) is 0. The molecule has 0 aromatic carbocycles. The first kappa shape index (κ1) is 14.7. The summed E-state index contributed by atoms with van der Waals surface area (Å²) in [4.78, 5) is 16.1. The SMILES string of the molecule is CCc1nc(C(=O)NC(C)(C)CC(C)(C)C)n[nH]1. The second-order valence-corrected chi connectivity index (χ2v) is 6.53. The van der Waals surface area contributed by atoms with Crippen LogP contribution in [0, 0.1) is 5.41 Å². The Morgan fingerprint density at radius 3 is 2.33 bits per heavy atom. The molecular weight excluding hydrogens is 228 g/mol. The Bertz CT molecular complexity index is 415. The minimum Gasteiger partial charge on any atom is -0.344 e. The third-order valence-electron chi connectivity index (χ3n) is 2.49.